The first-order chi connectivity index (χ1) is 16.1. The second kappa shape index (κ2) is 7.12. The van der Waals surface area contributed by atoms with E-state index in [0.717, 1.165) is 24.2 Å². The lowest BCUT2D eigenvalue weighted by atomic mass is 9.49. The number of methoxy groups -OCH3 is 1. The number of aliphatic hydroxyl groups excluding tert-OH is 1. The number of nitrogens with zero attached hydrogens (tertiary/aromatic N) is 1. The Hall–Kier alpha value is -2.29. The average molecular weight is 471 g/mol. The first kappa shape index (κ1) is 22.2. The van der Waals surface area contributed by atoms with Gasteiger partial charge in [-0.3, -0.25) is 9.69 Å². The SMILES string of the molecule is COCC(C)(C)NC(=O)C1=C(O)[C@@H]2Oc3c(O)ccc4c3[C@@]23CCN(CC2CC2)[C@H](C4)[C@]3(O)C1. The average Bonchev–Trinajstić information content (AvgIpc) is 3.50. The molecule has 34 heavy (non-hydrogen) atoms. The number of rotatable bonds is 6. The molecule has 2 heterocycles. The van der Waals surface area contributed by atoms with Crippen molar-refractivity contribution in [3.63, 3.8) is 0 Å². The van der Waals surface area contributed by atoms with Gasteiger partial charge in [0.2, 0.25) is 0 Å². The van der Waals surface area contributed by atoms with Crippen LogP contribution in [0.3, 0.4) is 0 Å². The largest absolute Gasteiger partial charge is 0.508 e. The maximum absolute atomic E-state index is 13.4. The van der Waals surface area contributed by atoms with Crippen molar-refractivity contribution in [1.29, 1.82) is 0 Å². The van der Waals surface area contributed by atoms with Gasteiger partial charge in [-0.2, -0.15) is 0 Å². The number of phenolic OH excluding ortho intramolecular Hbond substituents is 1. The molecule has 0 unspecified atom stereocenters. The van der Waals surface area contributed by atoms with Crippen LogP contribution in [0, 0.1) is 5.92 Å². The summed E-state index contributed by atoms with van der Waals surface area (Å²) >= 11 is 0. The van der Waals surface area contributed by atoms with Crippen LogP contribution in [-0.2, 0) is 21.4 Å². The van der Waals surface area contributed by atoms with Crippen molar-refractivity contribution >= 4 is 5.91 Å². The lowest BCUT2D eigenvalue weighted by Gasteiger charge is -2.62. The van der Waals surface area contributed by atoms with Crippen LogP contribution in [0.5, 0.6) is 11.5 Å². The Labute approximate surface area is 199 Å². The zero-order valence-corrected chi connectivity index (χ0v) is 20.1. The van der Waals surface area contributed by atoms with E-state index in [1.807, 2.05) is 19.9 Å². The molecule has 6 rings (SSSR count). The van der Waals surface area contributed by atoms with Gasteiger partial charge in [0.25, 0.3) is 5.91 Å². The summed E-state index contributed by atoms with van der Waals surface area (Å²) in [5.41, 5.74) is -0.833. The van der Waals surface area contributed by atoms with Gasteiger partial charge in [0, 0.05) is 31.7 Å². The third-order valence-corrected chi connectivity index (χ3v) is 8.75. The molecule has 1 aromatic carbocycles. The molecule has 1 spiro atoms. The molecule has 184 valence electrons. The minimum atomic E-state index is -1.30. The van der Waals surface area contributed by atoms with E-state index < -0.39 is 28.6 Å². The van der Waals surface area contributed by atoms with Gasteiger partial charge in [0.15, 0.2) is 17.6 Å². The molecule has 0 radical (unpaired) electrons. The van der Waals surface area contributed by atoms with Gasteiger partial charge < -0.3 is 30.1 Å². The monoisotopic (exact) mass is 470 g/mol. The van der Waals surface area contributed by atoms with Crippen molar-refractivity contribution in [3.8, 4) is 11.5 Å². The molecule has 4 N–H and O–H groups in total. The zero-order valence-electron chi connectivity index (χ0n) is 20.1. The number of nitrogens with one attached hydrogen (secondary N) is 1. The second-order valence-electron chi connectivity index (χ2n) is 11.6. The van der Waals surface area contributed by atoms with E-state index in [4.69, 9.17) is 9.47 Å². The molecule has 8 nitrogen and oxygen atoms in total. The molecule has 1 saturated heterocycles. The molecule has 3 aliphatic carbocycles. The fourth-order valence-electron chi connectivity index (χ4n) is 7.15. The highest BCUT2D eigenvalue weighted by Gasteiger charge is 2.73. The molecule has 1 amide bonds. The van der Waals surface area contributed by atoms with Gasteiger partial charge in [-0.05, 0) is 63.6 Å². The number of amides is 1. The molecule has 1 saturated carbocycles. The van der Waals surface area contributed by atoms with E-state index in [1.165, 1.54) is 12.8 Å². The minimum absolute atomic E-state index is 0.00349. The Morgan fingerprint density at radius 2 is 2.09 bits per heavy atom. The number of carbonyl (C=O) groups excluding carboxylic acids is 1. The van der Waals surface area contributed by atoms with Crippen LogP contribution in [-0.4, -0.2) is 76.2 Å². The number of hydrogen-bond donors (Lipinski definition) is 4. The van der Waals surface area contributed by atoms with Crippen molar-refractivity contribution in [2.45, 2.75) is 74.7 Å². The van der Waals surface area contributed by atoms with E-state index in [2.05, 4.69) is 10.2 Å². The Bertz CT molecular complexity index is 1100. The molecule has 2 fully saturated rings. The van der Waals surface area contributed by atoms with E-state index in [9.17, 15) is 20.1 Å². The van der Waals surface area contributed by atoms with Crippen LogP contribution < -0.4 is 10.1 Å². The van der Waals surface area contributed by atoms with Crippen molar-refractivity contribution in [2.24, 2.45) is 5.92 Å². The second-order valence-corrected chi connectivity index (χ2v) is 11.6. The summed E-state index contributed by atoms with van der Waals surface area (Å²) in [5.74, 6) is 0.430. The van der Waals surface area contributed by atoms with E-state index in [0.29, 0.717) is 31.1 Å². The summed E-state index contributed by atoms with van der Waals surface area (Å²) in [5, 5.41) is 37.6. The summed E-state index contributed by atoms with van der Waals surface area (Å²) in [7, 11) is 1.57. The van der Waals surface area contributed by atoms with Gasteiger partial charge in [-0.15, -0.1) is 0 Å². The highest BCUT2D eigenvalue weighted by molar-refractivity contribution is 5.95. The van der Waals surface area contributed by atoms with Crippen molar-refractivity contribution in [3.05, 3.63) is 34.6 Å². The van der Waals surface area contributed by atoms with Crippen molar-refractivity contribution < 1.29 is 29.6 Å². The van der Waals surface area contributed by atoms with Crippen LogP contribution in [0.1, 0.15) is 50.7 Å². The van der Waals surface area contributed by atoms with Gasteiger partial charge in [-0.1, -0.05) is 6.07 Å². The Balaban J connectivity index is 1.48. The van der Waals surface area contributed by atoms with Gasteiger partial charge in [0.05, 0.1) is 28.7 Å². The molecular formula is C26H34N2O6. The Kier molecular flexibility index (Phi) is 4.65. The summed E-state index contributed by atoms with van der Waals surface area (Å²) in [6.45, 7) is 5.73. The molecule has 5 aliphatic rings. The van der Waals surface area contributed by atoms with Crippen LogP contribution in [0.15, 0.2) is 23.5 Å². The van der Waals surface area contributed by atoms with Crippen LogP contribution in [0.4, 0.5) is 0 Å². The van der Waals surface area contributed by atoms with Crippen molar-refractivity contribution in [2.75, 3.05) is 26.8 Å². The molecule has 4 atom stereocenters. The lowest BCUT2D eigenvalue weighted by molar-refractivity contribution is -0.172. The summed E-state index contributed by atoms with van der Waals surface area (Å²) in [6.07, 6.45) is 2.77. The predicted molar refractivity (Wildman–Crippen MR) is 124 cm³/mol. The number of hydrogen-bond acceptors (Lipinski definition) is 7. The quantitative estimate of drug-likeness (QED) is 0.503. The van der Waals surface area contributed by atoms with Crippen molar-refractivity contribution in [1.82, 2.24) is 10.2 Å². The first-order valence-corrected chi connectivity index (χ1v) is 12.3. The van der Waals surface area contributed by atoms with Gasteiger partial charge in [0.1, 0.15) is 5.76 Å². The molecule has 2 aliphatic heterocycles. The Morgan fingerprint density at radius 3 is 2.79 bits per heavy atom. The number of ether oxygens (including phenoxy) is 2. The maximum Gasteiger partial charge on any atom is 0.251 e. The van der Waals surface area contributed by atoms with Gasteiger partial charge in [-0.25, -0.2) is 0 Å². The summed E-state index contributed by atoms with van der Waals surface area (Å²) < 4.78 is 11.5. The molecule has 8 heteroatoms. The van der Waals surface area contributed by atoms with E-state index in [-0.39, 0.29) is 29.5 Å². The molecular weight excluding hydrogens is 436 g/mol. The third-order valence-electron chi connectivity index (χ3n) is 8.75. The highest BCUT2D eigenvalue weighted by atomic mass is 16.5. The lowest BCUT2D eigenvalue weighted by Crippen LogP contribution is -2.76. The fraction of sp³-hybridized carbons (Fsp3) is 0.654. The number of benzene rings is 1. The van der Waals surface area contributed by atoms with Crippen LogP contribution in [0.2, 0.25) is 0 Å². The number of aromatic hydroxyl groups is 1. The maximum atomic E-state index is 13.4. The highest BCUT2D eigenvalue weighted by Crippen LogP contribution is 2.66. The number of piperidine rings is 1. The van der Waals surface area contributed by atoms with Crippen LogP contribution in [0.25, 0.3) is 0 Å². The fourth-order valence-corrected chi connectivity index (χ4v) is 7.15. The number of phenols is 1. The normalized spacial score (nSPS) is 34.0. The van der Waals surface area contributed by atoms with Crippen LogP contribution >= 0.6 is 0 Å². The Morgan fingerprint density at radius 1 is 1.32 bits per heavy atom. The number of likely N-dealkylation sites (tertiary alicyclic amines) is 1. The predicted octanol–water partition coefficient (Wildman–Crippen LogP) is 1.92. The number of carbonyl (C=O) groups is 1. The smallest absolute Gasteiger partial charge is 0.251 e. The summed E-state index contributed by atoms with van der Waals surface area (Å²) in [4.78, 5) is 15.8. The van der Waals surface area contributed by atoms with E-state index >= 15 is 0 Å². The first-order valence-electron chi connectivity index (χ1n) is 12.3. The molecule has 1 aromatic rings. The van der Waals surface area contributed by atoms with Gasteiger partial charge >= 0.3 is 0 Å². The topological polar surface area (TPSA) is 111 Å². The minimum Gasteiger partial charge on any atom is -0.508 e. The third kappa shape index (κ3) is 2.85. The standard InChI is InChI=1S/C26H34N2O6/c1-24(2,13-33-3)27-23(31)16-11-26(32)18-10-15-6-7-17(29)21-19(15)25(26,22(34-21)20(16)30)8-9-28(18)12-14-4-5-14/h6-7,14,18,22,29-30,32H,4-5,8-13H2,1-3H3,(H,27,31)/t18-,22+,25+,26-/m1/s1. The van der Waals surface area contributed by atoms with E-state index in [1.54, 1.807) is 13.2 Å². The zero-order chi connectivity index (χ0) is 24.0. The molecule has 2 bridgehead atoms. The molecule has 0 aromatic heterocycles. The number of aliphatic hydroxyl groups is 2. The summed E-state index contributed by atoms with van der Waals surface area (Å²) in [6, 6.07) is 3.36.